The Hall–Kier alpha value is -1.84. The maximum absolute atomic E-state index is 12.9. The number of rotatable bonds is 5. The SMILES string of the molecule is COCC1CCCN1C(=O)c1csc(C2CCN(C(=O)c3sc(C)nc3C)CC2)n1. The van der Waals surface area contributed by atoms with Gasteiger partial charge in [-0.25, -0.2) is 9.97 Å². The molecule has 0 N–H and O–H groups in total. The van der Waals surface area contributed by atoms with Gasteiger partial charge in [0.1, 0.15) is 10.6 Å². The molecule has 2 saturated heterocycles. The summed E-state index contributed by atoms with van der Waals surface area (Å²) in [7, 11) is 1.68. The molecule has 0 aromatic carbocycles. The van der Waals surface area contributed by atoms with Crippen LogP contribution in [0.25, 0.3) is 0 Å². The number of aryl methyl sites for hydroxylation is 2. The number of carbonyl (C=O) groups is 2. The van der Waals surface area contributed by atoms with Gasteiger partial charge in [0.05, 0.1) is 28.4 Å². The standard InChI is InChI=1S/C21H28N4O3S2/c1-13-18(30-14(2)22-13)21(27)24-9-6-15(7-10-24)19-23-17(12-29-19)20(26)25-8-4-5-16(25)11-28-3/h12,15-16H,4-11H2,1-3H3. The molecule has 0 bridgehead atoms. The van der Waals surface area contributed by atoms with Crippen LogP contribution >= 0.6 is 22.7 Å². The Balaban J connectivity index is 1.37. The van der Waals surface area contributed by atoms with Gasteiger partial charge in [-0.15, -0.1) is 22.7 Å². The lowest BCUT2D eigenvalue weighted by Gasteiger charge is -2.31. The van der Waals surface area contributed by atoms with Crippen molar-refractivity contribution in [1.82, 2.24) is 19.8 Å². The Morgan fingerprint density at radius 3 is 2.57 bits per heavy atom. The molecule has 4 heterocycles. The minimum atomic E-state index is 0.0145. The van der Waals surface area contributed by atoms with Crippen molar-refractivity contribution in [3.63, 3.8) is 0 Å². The van der Waals surface area contributed by atoms with Gasteiger partial charge >= 0.3 is 0 Å². The van der Waals surface area contributed by atoms with Crippen LogP contribution in [0.5, 0.6) is 0 Å². The Morgan fingerprint density at radius 2 is 1.90 bits per heavy atom. The summed E-state index contributed by atoms with van der Waals surface area (Å²) >= 11 is 3.04. The summed E-state index contributed by atoms with van der Waals surface area (Å²) in [5, 5.41) is 3.83. The van der Waals surface area contributed by atoms with Crippen molar-refractivity contribution >= 4 is 34.5 Å². The largest absolute Gasteiger partial charge is 0.383 e. The Labute approximate surface area is 185 Å². The van der Waals surface area contributed by atoms with Gasteiger partial charge in [-0.1, -0.05) is 0 Å². The number of methoxy groups -OCH3 is 1. The van der Waals surface area contributed by atoms with Crippen molar-refractivity contribution in [1.29, 1.82) is 0 Å². The van der Waals surface area contributed by atoms with Gasteiger partial charge in [0.2, 0.25) is 0 Å². The molecule has 162 valence electrons. The molecule has 7 nitrogen and oxygen atoms in total. The molecule has 2 aliphatic heterocycles. The molecule has 0 radical (unpaired) electrons. The number of piperidine rings is 1. The fourth-order valence-corrected chi connectivity index (χ4v) is 6.24. The van der Waals surface area contributed by atoms with Crippen LogP contribution in [-0.2, 0) is 4.74 Å². The summed E-state index contributed by atoms with van der Waals surface area (Å²) < 4.78 is 5.27. The van der Waals surface area contributed by atoms with Crippen LogP contribution in [0.4, 0.5) is 0 Å². The maximum atomic E-state index is 12.9. The number of thiazole rings is 2. The van der Waals surface area contributed by atoms with Crippen molar-refractivity contribution < 1.29 is 14.3 Å². The van der Waals surface area contributed by atoms with Crippen molar-refractivity contribution in [3.05, 3.63) is 31.7 Å². The van der Waals surface area contributed by atoms with E-state index in [1.165, 1.54) is 11.3 Å². The quantitative estimate of drug-likeness (QED) is 0.700. The van der Waals surface area contributed by atoms with E-state index in [4.69, 9.17) is 9.72 Å². The molecule has 2 aliphatic rings. The Bertz CT molecular complexity index is 917. The van der Waals surface area contributed by atoms with Crippen molar-refractivity contribution in [2.75, 3.05) is 33.4 Å². The zero-order valence-electron chi connectivity index (χ0n) is 17.7. The Morgan fingerprint density at radius 1 is 1.13 bits per heavy atom. The van der Waals surface area contributed by atoms with E-state index in [0.717, 1.165) is 52.8 Å². The normalized spacial score (nSPS) is 20.2. The highest BCUT2D eigenvalue weighted by atomic mass is 32.1. The van der Waals surface area contributed by atoms with Crippen LogP contribution in [0.2, 0.25) is 0 Å². The molecule has 30 heavy (non-hydrogen) atoms. The number of hydrogen-bond acceptors (Lipinski definition) is 7. The fourth-order valence-electron chi connectivity index (χ4n) is 4.39. The average molecular weight is 449 g/mol. The summed E-state index contributed by atoms with van der Waals surface area (Å²) in [5.41, 5.74) is 1.37. The number of ether oxygens (including phenoxy) is 1. The van der Waals surface area contributed by atoms with Gasteiger partial charge in [-0.05, 0) is 39.5 Å². The van der Waals surface area contributed by atoms with Crippen LogP contribution in [0.3, 0.4) is 0 Å². The average Bonchev–Trinajstić information content (AvgIpc) is 3.47. The van der Waals surface area contributed by atoms with Crippen molar-refractivity contribution in [3.8, 4) is 0 Å². The number of hydrogen-bond donors (Lipinski definition) is 0. The maximum Gasteiger partial charge on any atom is 0.273 e. The lowest BCUT2D eigenvalue weighted by Crippen LogP contribution is -2.38. The zero-order valence-corrected chi connectivity index (χ0v) is 19.4. The minimum Gasteiger partial charge on any atom is -0.383 e. The number of nitrogens with zero attached hydrogens (tertiary/aromatic N) is 4. The van der Waals surface area contributed by atoms with E-state index in [1.54, 1.807) is 18.4 Å². The molecular weight excluding hydrogens is 420 g/mol. The van der Waals surface area contributed by atoms with E-state index in [1.807, 2.05) is 29.0 Å². The van der Waals surface area contributed by atoms with Gasteiger partial charge in [-0.2, -0.15) is 0 Å². The van der Waals surface area contributed by atoms with Crippen LogP contribution in [-0.4, -0.2) is 71.0 Å². The third kappa shape index (κ3) is 4.29. The van der Waals surface area contributed by atoms with Gasteiger partial charge < -0.3 is 14.5 Å². The highest BCUT2D eigenvalue weighted by Crippen LogP contribution is 2.32. The lowest BCUT2D eigenvalue weighted by atomic mass is 9.97. The molecule has 9 heteroatoms. The van der Waals surface area contributed by atoms with E-state index in [0.29, 0.717) is 31.3 Å². The van der Waals surface area contributed by atoms with Crippen LogP contribution in [0.15, 0.2) is 5.38 Å². The third-order valence-corrected chi connectivity index (χ3v) is 8.04. The molecule has 0 saturated carbocycles. The first kappa shape index (κ1) is 21.4. The van der Waals surface area contributed by atoms with E-state index >= 15 is 0 Å². The molecule has 2 aromatic heterocycles. The predicted molar refractivity (Wildman–Crippen MR) is 118 cm³/mol. The number of aromatic nitrogens is 2. The first-order valence-electron chi connectivity index (χ1n) is 10.5. The number of likely N-dealkylation sites (tertiary alicyclic amines) is 2. The minimum absolute atomic E-state index is 0.0145. The zero-order chi connectivity index (χ0) is 21.3. The smallest absolute Gasteiger partial charge is 0.273 e. The molecule has 2 amide bonds. The second-order valence-electron chi connectivity index (χ2n) is 8.03. The van der Waals surface area contributed by atoms with E-state index in [2.05, 4.69) is 4.98 Å². The lowest BCUT2D eigenvalue weighted by molar-refractivity contribution is 0.0625. The summed E-state index contributed by atoms with van der Waals surface area (Å²) in [6.45, 7) is 6.61. The second-order valence-corrected chi connectivity index (χ2v) is 10.1. The highest BCUT2D eigenvalue weighted by Gasteiger charge is 2.32. The molecule has 4 rings (SSSR count). The van der Waals surface area contributed by atoms with Crippen molar-refractivity contribution in [2.45, 2.75) is 51.5 Å². The summed E-state index contributed by atoms with van der Waals surface area (Å²) in [4.78, 5) is 39.4. The summed E-state index contributed by atoms with van der Waals surface area (Å²) in [5.74, 6) is 0.406. The monoisotopic (exact) mass is 448 g/mol. The van der Waals surface area contributed by atoms with Gasteiger partial charge in [-0.3, -0.25) is 9.59 Å². The molecule has 2 fully saturated rings. The molecule has 1 atom stereocenters. The van der Waals surface area contributed by atoms with Crippen molar-refractivity contribution in [2.24, 2.45) is 0 Å². The number of carbonyl (C=O) groups excluding carboxylic acids is 2. The van der Waals surface area contributed by atoms with E-state index in [-0.39, 0.29) is 17.9 Å². The topological polar surface area (TPSA) is 75.6 Å². The first-order chi connectivity index (χ1) is 14.5. The van der Waals surface area contributed by atoms with Gasteiger partial charge in [0.25, 0.3) is 11.8 Å². The van der Waals surface area contributed by atoms with Crippen LogP contribution in [0.1, 0.15) is 67.5 Å². The molecule has 2 aromatic rings. The molecule has 0 spiro atoms. The van der Waals surface area contributed by atoms with E-state index in [9.17, 15) is 9.59 Å². The summed E-state index contributed by atoms with van der Waals surface area (Å²) in [6, 6.07) is 0.153. The second kappa shape index (κ2) is 9.11. The van der Waals surface area contributed by atoms with E-state index < -0.39 is 0 Å². The first-order valence-corrected chi connectivity index (χ1v) is 12.2. The molecular formula is C21H28N4O3S2. The fraction of sp³-hybridized carbons (Fsp3) is 0.619. The predicted octanol–water partition coefficient (Wildman–Crippen LogP) is 3.49. The highest BCUT2D eigenvalue weighted by molar-refractivity contribution is 7.13. The van der Waals surface area contributed by atoms with Gasteiger partial charge in [0, 0.05) is 38.0 Å². The summed E-state index contributed by atoms with van der Waals surface area (Å²) in [6.07, 6.45) is 3.75. The van der Waals surface area contributed by atoms with Crippen LogP contribution in [0, 0.1) is 13.8 Å². The molecule has 0 aliphatic carbocycles. The van der Waals surface area contributed by atoms with Crippen LogP contribution < -0.4 is 0 Å². The number of amides is 2. The Kier molecular flexibility index (Phi) is 6.50. The molecule has 1 unspecified atom stereocenters. The van der Waals surface area contributed by atoms with Gasteiger partial charge in [0.15, 0.2) is 0 Å². The third-order valence-electron chi connectivity index (χ3n) is 5.97.